The first-order chi connectivity index (χ1) is 9.37. The average molecular weight is 368 g/mol. The lowest BCUT2D eigenvalue weighted by Gasteiger charge is -2.11. The summed E-state index contributed by atoms with van der Waals surface area (Å²) in [5, 5.41) is 8.38. The van der Waals surface area contributed by atoms with Crippen LogP contribution in [-0.2, 0) is 13.1 Å². The second-order valence-electron chi connectivity index (χ2n) is 3.88. The Balaban J connectivity index is 2.16. The molecule has 0 aromatic carbocycles. The number of thiophene rings is 1. The zero-order valence-electron chi connectivity index (χ0n) is 9.95. The Kier molecular flexibility index (Phi) is 4.48. The first kappa shape index (κ1) is 15.0. The smallest absolute Gasteiger partial charge is 0.378 e. The molecular weight excluding hydrogens is 359 g/mol. The van der Waals surface area contributed by atoms with Gasteiger partial charge in [-0.15, -0.1) is 11.3 Å². The Morgan fingerprint density at radius 3 is 2.80 bits per heavy atom. The summed E-state index contributed by atoms with van der Waals surface area (Å²) < 4.78 is 37.2. The second-order valence-corrected chi connectivity index (χ2v) is 5.71. The van der Waals surface area contributed by atoms with Crippen LogP contribution in [0.15, 0.2) is 33.0 Å². The number of hydrogen-bond acceptors (Lipinski definition) is 4. The zero-order valence-corrected chi connectivity index (χ0v) is 12.3. The summed E-state index contributed by atoms with van der Waals surface area (Å²) in [6.07, 6.45) is -3.28. The van der Waals surface area contributed by atoms with Gasteiger partial charge in [0.15, 0.2) is 0 Å². The van der Waals surface area contributed by atoms with Gasteiger partial charge in [0.25, 0.3) is 5.56 Å². The van der Waals surface area contributed by atoms with Gasteiger partial charge in [0.1, 0.15) is 11.0 Å². The Labute approximate surface area is 124 Å². The van der Waals surface area contributed by atoms with Crippen molar-refractivity contribution in [2.24, 2.45) is 0 Å². The molecule has 0 saturated heterocycles. The van der Waals surface area contributed by atoms with Crippen LogP contribution in [0.5, 0.6) is 0 Å². The van der Waals surface area contributed by atoms with Gasteiger partial charge in [0, 0.05) is 11.4 Å². The predicted octanol–water partition coefficient (Wildman–Crippen LogP) is 3.24. The van der Waals surface area contributed by atoms with E-state index in [1.807, 2.05) is 17.5 Å². The third-order valence-corrected chi connectivity index (χ3v) is 3.99. The maximum absolute atomic E-state index is 12.3. The molecule has 0 fully saturated rings. The Bertz CT molecular complexity index is 639. The van der Waals surface area contributed by atoms with E-state index >= 15 is 0 Å². The quantitative estimate of drug-likeness (QED) is 0.902. The normalized spacial score (nSPS) is 11.6. The fourth-order valence-electron chi connectivity index (χ4n) is 1.47. The molecule has 0 aliphatic heterocycles. The summed E-state index contributed by atoms with van der Waals surface area (Å²) in [5.41, 5.74) is -0.458. The number of nitrogens with zero attached hydrogens (tertiary/aromatic N) is 2. The zero-order chi connectivity index (χ0) is 14.8. The predicted molar refractivity (Wildman–Crippen MR) is 73.9 cm³/mol. The summed E-state index contributed by atoms with van der Waals surface area (Å²) in [6, 6.07) is 3.79. The third-order valence-electron chi connectivity index (χ3n) is 2.35. The molecular formula is C11H9BrF3N3OS. The molecule has 0 aliphatic carbocycles. The SMILES string of the molecule is O=c1c(Br)c(NCc2cccs2)cnn1CC(F)(F)F. The fraction of sp³-hybridized carbons (Fsp3) is 0.273. The highest BCUT2D eigenvalue weighted by Gasteiger charge is 2.29. The number of hydrogen-bond donors (Lipinski definition) is 1. The fourth-order valence-corrected chi connectivity index (χ4v) is 2.56. The van der Waals surface area contributed by atoms with E-state index in [-0.39, 0.29) is 4.47 Å². The topological polar surface area (TPSA) is 46.9 Å². The highest BCUT2D eigenvalue weighted by molar-refractivity contribution is 9.10. The second kappa shape index (κ2) is 5.96. The number of anilines is 1. The van der Waals surface area contributed by atoms with Crippen LogP contribution < -0.4 is 10.9 Å². The number of alkyl halides is 3. The van der Waals surface area contributed by atoms with Crippen molar-refractivity contribution in [3.63, 3.8) is 0 Å². The van der Waals surface area contributed by atoms with Crippen LogP contribution in [0.4, 0.5) is 18.9 Å². The minimum Gasteiger partial charge on any atom is -0.378 e. The van der Waals surface area contributed by atoms with Crippen LogP contribution in [0.25, 0.3) is 0 Å². The lowest BCUT2D eigenvalue weighted by molar-refractivity contribution is -0.143. The van der Waals surface area contributed by atoms with E-state index in [9.17, 15) is 18.0 Å². The van der Waals surface area contributed by atoms with Crippen LogP contribution in [0.1, 0.15) is 4.88 Å². The van der Waals surface area contributed by atoms with Gasteiger partial charge in [0.2, 0.25) is 0 Å². The maximum Gasteiger partial charge on any atom is 0.408 e. The first-order valence-corrected chi connectivity index (χ1v) is 7.13. The van der Waals surface area contributed by atoms with E-state index in [0.717, 1.165) is 4.88 Å². The standard InChI is InChI=1S/C11H9BrF3N3OS/c12-9-8(16-4-7-2-1-3-20-7)5-17-18(10(9)19)6-11(13,14)15/h1-3,5,16H,4,6H2. The molecule has 0 saturated carbocycles. The molecule has 0 unspecified atom stereocenters. The Morgan fingerprint density at radius 1 is 1.45 bits per heavy atom. The molecule has 0 amide bonds. The van der Waals surface area contributed by atoms with Crippen molar-refractivity contribution in [1.29, 1.82) is 0 Å². The molecule has 0 atom stereocenters. The molecule has 0 aliphatic rings. The van der Waals surface area contributed by atoms with Crippen LogP contribution >= 0.6 is 27.3 Å². The summed E-state index contributed by atoms with van der Waals surface area (Å²) >= 11 is 4.54. The van der Waals surface area contributed by atoms with Crippen LogP contribution in [-0.4, -0.2) is 16.0 Å². The van der Waals surface area contributed by atoms with Crippen molar-refractivity contribution in [2.75, 3.05) is 5.32 Å². The molecule has 0 radical (unpaired) electrons. The van der Waals surface area contributed by atoms with E-state index in [1.54, 1.807) is 0 Å². The molecule has 2 rings (SSSR count). The van der Waals surface area contributed by atoms with Crippen molar-refractivity contribution in [1.82, 2.24) is 9.78 Å². The van der Waals surface area contributed by atoms with Crippen LogP contribution in [0.2, 0.25) is 0 Å². The van der Waals surface area contributed by atoms with Gasteiger partial charge in [-0.2, -0.15) is 18.3 Å². The summed E-state index contributed by atoms with van der Waals surface area (Å²) in [7, 11) is 0. The van der Waals surface area contributed by atoms with Crippen molar-refractivity contribution in [2.45, 2.75) is 19.3 Å². The average Bonchev–Trinajstić information content (AvgIpc) is 2.86. The summed E-state index contributed by atoms with van der Waals surface area (Å²) in [5.74, 6) is 0. The lowest BCUT2D eigenvalue weighted by Crippen LogP contribution is -2.31. The number of aromatic nitrogens is 2. The third kappa shape index (κ3) is 3.83. The molecule has 0 bridgehead atoms. The molecule has 2 aromatic heterocycles. The maximum atomic E-state index is 12.3. The molecule has 1 N–H and O–H groups in total. The van der Waals surface area contributed by atoms with Gasteiger partial charge in [-0.05, 0) is 27.4 Å². The monoisotopic (exact) mass is 367 g/mol. The van der Waals surface area contributed by atoms with E-state index < -0.39 is 18.3 Å². The minimum atomic E-state index is -4.48. The van der Waals surface area contributed by atoms with Gasteiger partial charge in [-0.25, -0.2) is 4.68 Å². The van der Waals surface area contributed by atoms with E-state index in [1.165, 1.54) is 17.5 Å². The van der Waals surface area contributed by atoms with Gasteiger partial charge < -0.3 is 5.32 Å². The Morgan fingerprint density at radius 2 is 2.20 bits per heavy atom. The molecule has 9 heteroatoms. The van der Waals surface area contributed by atoms with Gasteiger partial charge in [0.05, 0.1) is 11.9 Å². The molecule has 0 spiro atoms. The van der Waals surface area contributed by atoms with Crippen LogP contribution in [0, 0.1) is 0 Å². The van der Waals surface area contributed by atoms with Crippen molar-refractivity contribution >= 4 is 33.0 Å². The van der Waals surface area contributed by atoms with Gasteiger partial charge in [-0.3, -0.25) is 4.79 Å². The largest absolute Gasteiger partial charge is 0.408 e. The highest BCUT2D eigenvalue weighted by atomic mass is 79.9. The van der Waals surface area contributed by atoms with Crippen molar-refractivity contribution in [3.05, 3.63) is 43.4 Å². The van der Waals surface area contributed by atoms with Crippen molar-refractivity contribution < 1.29 is 13.2 Å². The summed E-state index contributed by atoms with van der Waals surface area (Å²) in [4.78, 5) is 12.8. The van der Waals surface area contributed by atoms with Crippen molar-refractivity contribution in [3.8, 4) is 0 Å². The van der Waals surface area contributed by atoms with E-state index in [4.69, 9.17) is 0 Å². The molecule has 2 aromatic rings. The van der Waals surface area contributed by atoms with Gasteiger partial charge in [-0.1, -0.05) is 6.07 Å². The number of halogens is 4. The van der Waals surface area contributed by atoms with E-state index in [0.29, 0.717) is 16.9 Å². The lowest BCUT2D eigenvalue weighted by atomic mass is 10.4. The summed E-state index contributed by atoms with van der Waals surface area (Å²) in [6.45, 7) is -0.934. The number of nitrogens with one attached hydrogen (secondary N) is 1. The highest BCUT2D eigenvalue weighted by Crippen LogP contribution is 2.20. The van der Waals surface area contributed by atoms with Crippen LogP contribution in [0.3, 0.4) is 0 Å². The number of rotatable bonds is 4. The molecule has 4 nitrogen and oxygen atoms in total. The van der Waals surface area contributed by atoms with Gasteiger partial charge >= 0.3 is 6.18 Å². The first-order valence-electron chi connectivity index (χ1n) is 5.45. The minimum absolute atomic E-state index is 0.0355. The molecule has 108 valence electrons. The molecule has 2 heterocycles. The Hall–Kier alpha value is -1.35. The molecule has 20 heavy (non-hydrogen) atoms. The van der Waals surface area contributed by atoms with E-state index in [2.05, 4.69) is 26.3 Å².